The van der Waals surface area contributed by atoms with Crippen LogP contribution in [0.4, 0.5) is 4.79 Å². The van der Waals surface area contributed by atoms with Gasteiger partial charge in [-0.1, -0.05) is 20.8 Å². The zero-order chi connectivity index (χ0) is 11.5. The van der Waals surface area contributed by atoms with Gasteiger partial charge in [-0.15, -0.1) is 0 Å². The summed E-state index contributed by atoms with van der Waals surface area (Å²) < 4.78 is 9.72. The smallest absolute Gasteiger partial charge is 0.438 e. The summed E-state index contributed by atoms with van der Waals surface area (Å²) in [4.78, 5) is 11.0. The normalized spacial score (nSPS) is 27.2. The van der Waals surface area contributed by atoms with Crippen LogP contribution in [0.2, 0.25) is 0 Å². The Morgan fingerprint density at radius 3 is 2.47 bits per heavy atom. The Morgan fingerprint density at radius 1 is 1.27 bits per heavy atom. The number of hydrogen-bond donors (Lipinski definition) is 0. The number of carbonyl (C=O) groups is 1. The standard InChI is InChI=1S/C12H22O3/c1-12(2,3)9-6-5-7-10(8-9)15-11(13)14-4/h9-10H,5-8H2,1-4H3/t9-,10+/m0/s1. The summed E-state index contributed by atoms with van der Waals surface area (Å²) in [7, 11) is 1.35. The minimum atomic E-state index is -0.547. The van der Waals surface area contributed by atoms with Crippen LogP contribution in [0.25, 0.3) is 0 Å². The zero-order valence-corrected chi connectivity index (χ0v) is 10.2. The second-order valence-electron chi connectivity index (χ2n) is 5.42. The van der Waals surface area contributed by atoms with Crippen molar-refractivity contribution in [2.45, 2.75) is 52.6 Å². The molecule has 1 aliphatic rings. The fourth-order valence-corrected chi connectivity index (χ4v) is 2.22. The molecule has 0 N–H and O–H groups in total. The number of rotatable bonds is 1. The van der Waals surface area contributed by atoms with Crippen molar-refractivity contribution in [2.24, 2.45) is 11.3 Å². The first-order valence-electron chi connectivity index (χ1n) is 5.68. The van der Waals surface area contributed by atoms with E-state index < -0.39 is 6.16 Å². The molecule has 0 amide bonds. The van der Waals surface area contributed by atoms with E-state index in [2.05, 4.69) is 25.5 Å². The van der Waals surface area contributed by atoms with Gasteiger partial charge in [0.2, 0.25) is 0 Å². The van der Waals surface area contributed by atoms with Gasteiger partial charge in [-0.25, -0.2) is 4.79 Å². The van der Waals surface area contributed by atoms with Crippen molar-refractivity contribution in [2.75, 3.05) is 7.11 Å². The Morgan fingerprint density at radius 2 is 1.93 bits per heavy atom. The second kappa shape index (κ2) is 4.86. The van der Waals surface area contributed by atoms with E-state index in [4.69, 9.17) is 4.74 Å². The largest absolute Gasteiger partial charge is 0.508 e. The Labute approximate surface area is 92.1 Å². The molecule has 0 heterocycles. The molecule has 0 aromatic rings. The van der Waals surface area contributed by atoms with Crippen LogP contribution in [0.1, 0.15) is 46.5 Å². The summed E-state index contributed by atoms with van der Waals surface area (Å²) in [5.41, 5.74) is 0.304. The first-order chi connectivity index (χ1) is 6.93. The number of methoxy groups -OCH3 is 1. The van der Waals surface area contributed by atoms with Crippen molar-refractivity contribution in [3.05, 3.63) is 0 Å². The summed E-state index contributed by atoms with van der Waals surface area (Å²) in [6.45, 7) is 6.74. The van der Waals surface area contributed by atoms with Crippen molar-refractivity contribution in [1.82, 2.24) is 0 Å². The Balaban J connectivity index is 2.46. The lowest BCUT2D eigenvalue weighted by Gasteiger charge is -2.37. The molecule has 0 saturated heterocycles. The minimum absolute atomic E-state index is 0.0513. The van der Waals surface area contributed by atoms with Gasteiger partial charge in [-0.2, -0.15) is 0 Å². The van der Waals surface area contributed by atoms with Crippen LogP contribution in [-0.4, -0.2) is 19.4 Å². The van der Waals surface area contributed by atoms with Crippen LogP contribution in [0.15, 0.2) is 0 Å². The highest BCUT2D eigenvalue weighted by molar-refractivity contribution is 5.59. The van der Waals surface area contributed by atoms with Gasteiger partial charge in [0.25, 0.3) is 0 Å². The molecule has 1 rings (SSSR count). The monoisotopic (exact) mass is 214 g/mol. The van der Waals surface area contributed by atoms with E-state index in [-0.39, 0.29) is 6.10 Å². The topological polar surface area (TPSA) is 35.5 Å². The molecule has 3 heteroatoms. The van der Waals surface area contributed by atoms with Crippen LogP contribution >= 0.6 is 0 Å². The summed E-state index contributed by atoms with van der Waals surface area (Å²) >= 11 is 0. The molecule has 0 radical (unpaired) electrons. The molecular formula is C12H22O3. The third-order valence-corrected chi connectivity index (χ3v) is 3.28. The Hall–Kier alpha value is -0.730. The quantitative estimate of drug-likeness (QED) is 0.628. The molecule has 1 saturated carbocycles. The minimum Gasteiger partial charge on any atom is -0.438 e. The van der Waals surface area contributed by atoms with Gasteiger partial charge in [-0.3, -0.25) is 0 Å². The van der Waals surface area contributed by atoms with Crippen LogP contribution in [0, 0.1) is 11.3 Å². The van der Waals surface area contributed by atoms with Crippen molar-refractivity contribution in [3.63, 3.8) is 0 Å². The van der Waals surface area contributed by atoms with E-state index in [0.717, 1.165) is 19.3 Å². The van der Waals surface area contributed by atoms with Crippen LogP contribution < -0.4 is 0 Å². The maximum Gasteiger partial charge on any atom is 0.508 e. The molecule has 0 bridgehead atoms. The number of carbonyl (C=O) groups excluding carboxylic acids is 1. The lowest BCUT2D eigenvalue weighted by molar-refractivity contribution is -0.000785. The highest BCUT2D eigenvalue weighted by Gasteiger charge is 2.32. The predicted molar refractivity (Wildman–Crippen MR) is 58.7 cm³/mol. The molecule has 0 unspecified atom stereocenters. The van der Waals surface area contributed by atoms with E-state index in [1.54, 1.807) is 0 Å². The third kappa shape index (κ3) is 3.73. The summed E-state index contributed by atoms with van der Waals surface area (Å²) in [5, 5.41) is 0. The number of hydrogen-bond acceptors (Lipinski definition) is 3. The molecule has 2 atom stereocenters. The predicted octanol–water partition coefficient (Wildman–Crippen LogP) is 3.37. The number of ether oxygens (including phenoxy) is 2. The van der Waals surface area contributed by atoms with Crippen LogP contribution in [0.5, 0.6) is 0 Å². The molecule has 88 valence electrons. The fraction of sp³-hybridized carbons (Fsp3) is 0.917. The van der Waals surface area contributed by atoms with Gasteiger partial charge in [0.1, 0.15) is 6.10 Å². The molecule has 0 aromatic carbocycles. The molecule has 1 fully saturated rings. The van der Waals surface area contributed by atoms with Crippen LogP contribution in [-0.2, 0) is 9.47 Å². The molecule has 0 aromatic heterocycles. The summed E-state index contributed by atoms with van der Waals surface area (Å²) in [5.74, 6) is 0.640. The van der Waals surface area contributed by atoms with Crippen molar-refractivity contribution < 1.29 is 14.3 Å². The second-order valence-corrected chi connectivity index (χ2v) is 5.42. The first-order valence-corrected chi connectivity index (χ1v) is 5.68. The van der Waals surface area contributed by atoms with E-state index >= 15 is 0 Å². The SMILES string of the molecule is COC(=O)O[C@@H]1CCC[C@H](C(C)(C)C)C1. The first kappa shape index (κ1) is 12.3. The van der Waals surface area contributed by atoms with Crippen molar-refractivity contribution in [1.29, 1.82) is 0 Å². The maximum atomic E-state index is 11.0. The summed E-state index contributed by atoms with van der Waals surface area (Å²) in [6, 6.07) is 0. The van der Waals surface area contributed by atoms with Gasteiger partial charge in [0.05, 0.1) is 7.11 Å². The van der Waals surface area contributed by atoms with Gasteiger partial charge in [0, 0.05) is 0 Å². The summed E-state index contributed by atoms with van der Waals surface area (Å²) in [6.07, 6.45) is 3.83. The van der Waals surface area contributed by atoms with E-state index in [0.29, 0.717) is 11.3 Å². The lowest BCUT2D eigenvalue weighted by Crippen LogP contribution is -2.32. The zero-order valence-electron chi connectivity index (χ0n) is 10.2. The van der Waals surface area contributed by atoms with E-state index in [1.165, 1.54) is 13.5 Å². The highest BCUT2D eigenvalue weighted by atomic mass is 16.7. The molecule has 0 aliphatic heterocycles. The average molecular weight is 214 g/mol. The Bertz CT molecular complexity index is 217. The lowest BCUT2D eigenvalue weighted by atomic mass is 9.71. The molecule has 15 heavy (non-hydrogen) atoms. The average Bonchev–Trinajstić information content (AvgIpc) is 2.17. The highest BCUT2D eigenvalue weighted by Crippen LogP contribution is 2.38. The molecule has 3 nitrogen and oxygen atoms in total. The molecule has 0 spiro atoms. The van der Waals surface area contributed by atoms with Crippen molar-refractivity contribution in [3.8, 4) is 0 Å². The van der Waals surface area contributed by atoms with E-state index in [9.17, 15) is 4.79 Å². The van der Waals surface area contributed by atoms with Gasteiger partial charge < -0.3 is 9.47 Å². The third-order valence-electron chi connectivity index (χ3n) is 3.28. The van der Waals surface area contributed by atoms with E-state index in [1.807, 2.05) is 0 Å². The molecular weight excluding hydrogens is 192 g/mol. The van der Waals surface area contributed by atoms with Gasteiger partial charge in [0.15, 0.2) is 0 Å². The Kier molecular flexibility index (Phi) is 4.00. The fourth-order valence-electron chi connectivity index (χ4n) is 2.22. The van der Waals surface area contributed by atoms with Crippen LogP contribution in [0.3, 0.4) is 0 Å². The van der Waals surface area contributed by atoms with Crippen molar-refractivity contribution >= 4 is 6.16 Å². The maximum absolute atomic E-state index is 11.0. The van der Waals surface area contributed by atoms with Gasteiger partial charge in [-0.05, 0) is 37.0 Å². The molecule has 1 aliphatic carbocycles. The van der Waals surface area contributed by atoms with Gasteiger partial charge >= 0.3 is 6.16 Å².